The fourth-order valence-electron chi connectivity index (χ4n) is 2.04. The Bertz CT molecular complexity index is 641. The van der Waals surface area contributed by atoms with E-state index in [2.05, 4.69) is 5.32 Å². The molecule has 1 atom stereocenters. The molecule has 2 aromatic carbocycles. The van der Waals surface area contributed by atoms with E-state index in [1.165, 1.54) is 12.1 Å². The molecule has 0 aliphatic carbocycles. The number of halogens is 2. The first-order valence-electron chi connectivity index (χ1n) is 6.54. The lowest BCUT2D eigenvalue weighted by Gasteiger charge is -2.15. The van der Waals surface area contributed by atoms with Crippen LogP contribution in [0.15, 0.2) is 42.5 Å². The van der Waals surface area contributed by atoms with Crippen molar-refractivity contribution in [1.82, 2.24) is 5.32 Å². The molecule has 3 nitrogen and oxygen atoms in total. The standard InChI is InChI=1S/C16H16F2N2O/c1-10(14-7-4-12(17)9-15(14)18)20-16(21)8-11-2-5-13(19)6-3-11/h2-7,9-10H,8,19H2,1H3,(H,20,21). The zero-order valence-electron chi connectivity index (χ0n) is 11.6. The molecule has 0 aromatic heterocycles. The van der Waals surface area contributed by atoms with Gasteiger partial charge in [0.05, 0.1) is 12.5 Å². The predicted molar refractivity (Wildman–Crippen MR) is 77.5 cm³/mol. The SMILES string of the molecule is CC(NC(=O)Cc1ccc(N)cc1)c1ccc(F)cc1F. The summed E-state index contributed by atoms with van der Waals surface area (Å²) in [4.78, 5) is 11.9. The van der Waals surface area contributed by atoms with E-state index in [1.807, 2.05) is 0 Å². The fraction of sp³-hybridized carbons (Fsp3) is 0.188. The van der Waals surface area contributed by atoms with Gasteiger partial charge in [-0.1, -0.05) is 18.2 Å². The Labute approximate surface area is 121 Å². The van der Waals surface area contributed by atoms with Crippen LogP contribution in [-0.2, 0) is 11.2 Å². The average molecular weight is 290 g/mol. The third-order valence-corrected chi connectivity index (χ3v) is 3.15. The van der Waals surface area contributed by atoms with Crippen molar-refractivity contribution >= 4 is 11.6 Å². The summed E-state index contributed by atoms with van der Waals surface area (Å²) in [7, 11) is 0. The molecule has 1 amide bonds. The van der Waals surface area contributed by atoms with Crippen LogP contribution < -0.4 is 11.1 Å². The Morgan fingerprint density at radius 2 is 1.86 bits per heavy atom. The molecular weight excluding hydrogens is 274 g/mol. The lowest BCUT2D eigenvalue weighted by Crippen LogP contribution is -2.28. The second kappa shape index (κ2) is 6.35. The number of amides is 1. The first kappa shape index (κ1) is 15.0. The van der Waals surface area contributed by atoms with E-state index in [1.54, 1.807) is 31.2 Å². The Hall–Kier alpha value is -2.43. The van der Waals surface area contributed by atoms with E-state index in [4.69, 9.17) is 5.73 Å². The fourth-order valence-corrected chi connectivity index (χ4v) is 2.04. The van der Waals surface area contributed by atoms with E-state index in [0.29, 0.717) is 5.69 Å². The summed E-state index contributed by atoms with van der Waals surface area (Å²) in [6, 6.07) is 9.72. The van der Waals surface area contributed by atoms with Crippen LogP contribution in [0.3, 0.4) is 0 Å². The van der Waals surface area contributed by atoms with Crippen LogP contribution in [0.4, 0.5) is 14.5 Å². The summed E-state index contributed by atoms with van der Waals surface area (Å²) < 4.78 is 26.5. The van der Waals surface area contributed by atoms with Crippen molar-refractivity contribution in [2.45, 2.75) is 19.4 Å². The maximum Gasteiger partial charge on any atom is 0.224 e. The van der Waals surface area contributed by atoms with Gasteiger partial charge in [-0.3, -0.25) is 4.79 Å². The van der Waals surface area contributed by atoms with E-state index >= 15 is 0 Å². The van der Waals surface area contributed by atoms with Gasteiger partial charge in [0.1, 0.15) is 11.6 Å². The van der Waals surface area contributed by atoms with Crippen LogP contribution in [0.25, 0.3) is 0 Å². The molecule has 0 aliphatic rings. The van der Waals surface area contributed by atoms with E-state index < -0.39 is 17.7 Å². The number of hydrogen-bond donors (Lipinski definition) is 2. The summed E-state index contributed by atoms with van der Waals surface area (Å²) in [5.74, 6) is -1.55. The molecule has 1 unspecified atom stereocenters. The zero-order chi connectivity index (χ0) is 15.4. The first-order chi connectivity index (χ1) is 9.95. The van der Waals surface area contributed by atoms with E-state index in [9.17, 15) is 13.6 Å². The molecule has 2 rings (SSSR count). The Kier molecular flexibility index (Phi) is 4.52. The average Bonchev–Trinajstić information content (AvgIpc) is 2.41. The number of anilines is 1. The van der Waals surface area contributed by atoms with E-state index in [-0.39, 0.29) is 17.9 Å². The molecule has 21 heavy (non-hydrogen) atoms. The van der Waals surface area contributed by atoms with Crippen LogP contribution in [0, 0.1) is 11.6 Å². The zero-order valence-corrected chi connectivity index (χ0v) is 11.6. The summed E-state index contributed by atoms with van der Waals surface area (Å²) in [5, 5.41) is 2.69. The summed E-state index contributed by atoms with van der Waals surface area (Å²) in [6.45, 7) is 1.65. The van der Waals surface area contributed by atoms with Gasteiger partial charge >= 0.3 is 0 Å². The first-order valence-corrected chi connectivity index (χ1v) is 6.54. The smallest absolute Gasteiger partial charge is 0.224 e. The highest BCUT2D eigenvalue weighted by molar-refractivity contribution is 5.79. The van der Waals surface area contributed by atoms with E-state index in [0.717, 1.165) is 11.6 Å². The van der Waals surface area contributed by atoms with Crippen LogP contribution in [-0.4, -0.2) is 5.91 Å². The van der Waals surface area contributed by atoms with Gasteiger partial charge in [-0.2, -0.15) is 0 Å². The second-order valence-corrected chi connectivity index (χ2v) is 4.87. The Morgan fingerprint density at radius 3 is 2.48 bits per heavy atom. The molecule has 0 aliphatic heterocycles. The third-order valence-electron chi connectivity index (χ3n) is 3.15. The summed E-state index contributed by atoms with van der Waals surface area (Å²) >= 11 is 0. The normalized spacial score (nSPS) is 12.0. The molecule has 0 saturated carbocycles. The highest BCUT2D eigenvalue weighted by atomic mass is 19.1. The number of rotatable bonds is 4. The predicted octanol–water partition coefficient (Wildman–Crippen LogP) is 2.97. The van der Waals surface area contributed by atoms with Gasteiger partial charge < -0.3 is 11.1 Å². The molecule has 0 heterocycles. The number of carbonyl (C=O) groups excluding carboxylic acids is 1. The molecule has 5 heteroatoms. The number of nitrogens with two attached hydrogens (primary N) is 1. The van der Waals surface area contributed by atoms with Crippen LogP contribution in [0.2, 0.25) is 0 Å². The minimum absolute atomic E-state index is 0.174. The maximum absolute atomic E-state index is 13.6. The van der Waals surface area contributed by atoms with Crippen molar-refractivity contribution in [3.8, 4) is 0 Å². The molecule has 0 saturated heterocycles. The minimum atomic E-state index is -0.671. The number of hydrogen-bond acceptors (Lipinski definition) is 2. The lowest BCUT2D eigenvalue weighted by molar-refractivity contribution is -0.121. The molecule has 0 fully saturated rings. The van der Waals surface area contributed by atoms with Crippen molar-refractivity contribution < 1.29 is 13.6 Å². The lowest BCUT2D eigenvalue weighted by atomic mass is 10.1. The van der Waals surface area contributed by atoms with Crippen molar-refractivity contribution in [2.24, 2.45) is 0 Å². The second-order valence-electron chi connectivity index (χ2n) is 4.87. The third kappa shape index (κ3) is 4.02. The van der Waals surface area contributed by atoms with Crippen LogP contribution >= 0.6 is 0 Å². The van der Waals surface area contributed by atoms with Gasteiger partial charge in [-0.05, 0) is 30.7 Å². The number of nitrogens with one attached hydrogen (secondary N) is 1. The quantitative estimate of drug-likeness (QED) is 0.851. The van der Waals surface area contributed by atoms with Gasteiger partial charge in [-0.15, -0.1) is 0 Å². The monoisotopic (exact) mass is 290 g/mol. The topological polar surface area (TPSA) is 55.1 Å². The van der Waals surface area contributed by atoms with Gasteiger partial charge in [0.15, 0.2) is 0 Å². The molecule has 0 spiro atoms. The molecule has 0 radical (unpaired) electrons. The Morgan fingerprint density at radius 1 is 1.19 bits per heavy atom. The van der Waals surface area contributed by atoms with Crippen molar-refractivity contribution in [1.29, 1.82) is 0 Å². The number of nitrogen functional groups attached to an aromatic ring is 1. The molecular formula is C16H16F2N2O. The summed E-state index contributed by atoms with van der Waals surface area (Å²) in [6.07, 6.45) is 0.174. The van der Waals surface area contributed by atoms with Gasteiger partial charge in [0.2, 0.25) is 5.91 Å². The number of benzene rings is 2. The van der Waals surface area contributed by atoms with Gasteiger partial charge in [-0.25, -0.2) is 8.78 Å². The number of carbonyl (C=O) groups is 1. The molecule has 110 valence electrons. The largest absolute Gasteiger partial charge is 0.399 e. The molecule has 0 bridgehead atoms. The van der Waals surface area contributed by atoms with Gasteiger partial charge in [0.25, 0.3) is 0 Å². The van der Waals surface area contributed by atoms with Crippen molar-refractivity contribution in [2.75, 3.05) is 5.73 Å². The summed E-state index contributed by atoms with van der Waals surface area (Å²) in [5.41, 5.74) is 7.26. The molecule has 2 aromatic rings. The minimum Gasteiger partial charge on any atom is -0.399 e. The van der Waals surface area contributed by atoms with Crippen LogP contribution in [0.5, 0.6) is 0 Å². The molecule has 3 N–H and O–H groups in total. The Balaban J connectivity index is 2.00. The highest BCUT2D eigenvalue weighted by Gasteiger charge is 2.14. The van der Waals surface area contributed by atoms with Gasteiger partial charge in [0, 0.05) is 17.3 Å². The maximum atomic E-state index is 13.6. The van der Waals surface area contributed by atoms with Crippen molar-refractivity contribution in [3.63, 3.8) is 0 Å². The highest BCUT2D eigenvalue weighted by Crippen LogP contribution is 2.18. The van der Waals surface area contributed by atoms with Crippen molar-refractivity contribution in [3.05, 3.63) is 65.2 Å². The van der Waals surface area contributed by atoms with Crippen LogP contribution in [0.1, 0.15) is 24.1 Å².